The van der Waals surface area contributed by atoms with Gasteiger partial charge in [-0.15, -0.1) is 0 Å². The molecule has 2 saturated heterocycles. The predicted molar refractivity (Wildman–Crippen MR) is 96.6 cm³/mol. The Morgan fingerprint density at radius 3 is 2.85 bits per heavy atom. The Morgan fingerprint density at radius 1 is 1.31 bits per heavy atom. The van der Waals surface area contributed by atoms with Crippen molar-refractivity contribution in [1.82, 2.24) is 14.8 Å². The molecule has 4 heterocycles. The number of rotatable bonds is 4. The lowest BCUT2D eigenvalue weighted by Crippen LogP contribution is -2.47. The predicted octanol–water partition coefficient (Wildman–Crippen LogP) is 2.57. The molecule has 0 aromatic carbocycles. The minimum Gasteiger partial charge on any atom is -0.459 e. The first kappa shape index (κ1) is 17.2. The number of hydrogen-bond donors (Lipinski definition) is 0. The van der Waals surface area contributed by atoms with Gasteiger partial charge in [-0.2, -0.15) is 0 Å². The highest BCUT2D eigenvalue weighted by molar-refractivity contribution is 5.91. The maximum Gasteiger partial charge on any atom is 0.289 e. The first-order chi connectivity index (χ1) is 12.7. The summed E-state index contributed by atoms with van der Waals surface area (Å²) in [6.45, 7) is 3.01. The van der Waals surface area contributed by atoms with Crippen molar-refractivity contribution in [3.05, 3.63) is 54.2 Å². The number of carbonyl (C=O) groups is 1. The molecule has 0 N–H and O–H groups in total. The van der Waals surface area contributed by atoms with Crippen LogP contribution in [0.1, 0.15) is 35.5 Å². The second kappa shape index (κ2) is 7.21. The normalized spacial score (nSPS) is 22.2. The molecule has 1 spiro atoms. The van der Waals surface area contributed by atoms with Crippen molar-refractivity contribution >= 4 is 5.91 Å². The molecule has 4 rings (SSSR count). The first-order valence-electron chi connectivity index (χ1n) is 9.22. The lowest BCUT2D eigenvalue weighted by atomic mass is 9.87. The summed E-state index contributed by atoms with van der Waals surface area (Å²) in [6, 6.07) is 9.89. The average Bonchev–Trinajstić information content (AvgIpc) is 3.33. The van der Waals surface area contributed by atoms with E-state index >= 15 is 0 Å². The number of nitrogens with zero attached hydrogens (tertiary/aromatic N) is 3. The summed E-state index contributed by atoms with van der Waals surface area (Å²) in [6.07, 6.45) is 6.15. The second-order valence-electron chi connectivity index (χ2n) is 7.36. The Balaban J connectivity index is 1.32. The molecule has 26 heavy (non-hydrogen) atoms. The smallest absolute Gasteiger partial charge is 0.289 e. The lowest BCUT2D eigenvalue weighted by molar-refractivity contribution is -0.0397. The number of likely N-dealkylation sites (tertiary alicyclic amines) is 1. The molecule has 2 aromatic heterocycles. The van der Waals surface area contributed by atoms with Crippen LogP contribution in [0.25, 0.3) is 0 Å². The minimum absolute atomic E-state index is 0.0216. The summed E-state index contributed by atoms with van der Waals surface area (Å²) in [4.78, 5) is 21.0. The van der Waals surface area contributed by atoms with Gasteiger partial charge in [-0.05, 0) is 50.6 Å². The van der Waals surface area contributed by atoms with Crippen LogP contribution in [0.2, 0.25) is 0 Å². The SMILES string of the molecule is CN(Cc1ccccn1)[C@@H]1COC2(CCN(C(=O)c3ccco3)CC2)C1. The highest BCUT2D eigenvalue weighted by Crippen LogP contribution is 2.38. The number of hydrogen-bond acceptors (Lipinski definition) is 5. The molecule has 2 aliphatic rings. The topological polar surface area (TPSA) is 58.8 Å². The molecule has 6 heteroatoms. The number of ether oxygens (including phenoxy) is 1. The highest BCUT2D eigenvalue weighted by atomic mass is 16.5. The van der Waals surface area contributed by atoms with Crippen molar-refractivity contribution in [3.63, 3.8) is 0 Å². The van der Waals surface area contributed by atoms with Crippen LogP contribution in [0.3, 0.4) is 0 Å². The maximum atomic E-state index is 12.4. The third kappa shape index (κ3) is 3.52. The van der Waals surface area contributed by atoms with Gasteiger partial charge in [0.1, 0.15) is 0 Å². The van der Waals surface area contributed by atoms with Crippen LogP contribution in [-0.2, 0) is 11.3 Å². The minimum atomic E-state index is -0.0943. The summed E-state index contributed by atoms with van der Waals surface area (Å²) in [5.74, 6) is 0.396. The number of carbonyl (C=O) groups excluding carboxylic acids is 1. The van der Waals surface area contributed by atoms with Gasteiger partial charge >= 0.3 is 0 Å². The summed E-state index contributed by atoms with van der Waals surface area (Å²) < 4.78 is 11.5. The Bertz CT molecular complexity index is 724. The van der Waals surface area contributed by atoms with E-state index in [1.165, 1.54) is 0 Å². The summed E-state index contributed by atoms with van der Waals surface area (Å²) in [5.41, 5.74) is 0.984. The number of furan rings is 1. The van der Waals surface area contributed by atoms with E-state index in [9.17, 15) is 4.79 Å². The highest BCUT2D eigenvalue weighted by Gasteiger charge is 2.44. The molecule has 6 nitrogen and oxygen atoms in total. The van der Waals surface area contributed by atoms with Crippen LogP contribution >= 0.6 is 0 Å². The van der Waals surface area contributed by atoms with Gasteiger partial charge in [0, 0.05) is 31.9 Å². The summed E-state index contributed by atoms with van der Waals surface area (Å²) in [7, 11) is 2.14. The molecule has 0 bridgehead atoms. The van der Waals surface area contributed by atoms with E-state index < -0.39 is 0 Å². The van der Waals surface area contributed by atoms with Gasteiger partial charge in [-0.25, -0.2) is 0 Å². The molecule has 138 valence electrons. The molecule has 1 atom stereocenters. The van der Waals surface area contributed by atoms with E-state index in [1.54, 1.807) is 18.4 Å². The first-order valence-corrected chi connectivity index (χ1v) is 9.22. The lowest BCUT2D eigenvalue weighted by Gasteiger charge is -2.38. The van der Waals surface area contributed by atoms with E-state index in [2.05, 4.69) is 23.0 Å². The molecule has 1 amide bonds. The number of piperidine rings is 1. The molecule has 0 radical (unpaired) electrons. The fraction of sp³-hybridized carbons (Fsp3) is 0.500. The quantitative estimate of drug-likeness (QED) is 0.844. The Labute approximate surface area is 153 Å². The molecule has 2 fully saturated rings. The number of amides is 1. The van der Waals surface area contributed by atoms with Crippen LogP contribution < -0.4 is 0 Å². The van der Waals surface area contributed by atoms with E-state index in [4.69, 9.17) is 9.15 Å². The van der Waals surface area contributed by atoms with Crippen molar-refractivity contribution in [3.8, 4) is 0 Å². The third-order valence-corrected chi connectivity index (χ3v) is 5.64. The van der Waals surface area contributed by atoms with Gasteiger partial charge in [-0.1, -0.05) is 6.07 Å². The summed E-state index contributed by atoms with van der Waals surface area (Å²) in [5, 5.41) is 0. The molecule has 2 aliphatic heterocycles. The zero-order chi connectivity index (χ0) is 18.0. The Kier molecular flexibility index (Phi) is 4.78. The Morgan fingerprint density at radius 2 is 2.15 bits per heavy atom. The van der Waals surface area contributed by atoms with Crippen molar-refractivity contribution in [2.24, 2.45) is 0 Å². The van der Waals surface area contributed by atoms with Gasteiger partial charge in [0.2, 0.25) is 0 Å². The van der Waals surface area contributed by atoms with Crippen LogP contribution in [0.15, 0.2) is 47.2 Å². The van der Waals surface area contributed by atoms with Gasteiger partial charge < -0.3 is 14.1 Å². The number of aromatic nitrogens is 1. The molecule has 0 saturated carbocycles. The Hall–Kier alpha value is -2.18. The zero-order valence-corrected chi connectivity index (χ0v) is 15.1. The molecule has 0 unspecified atom stereocenters. The molecule has 0 aliphatic carbocycles. The van der Waals surface area contributed by atoms with Gasteiger partial charge in [0.05, 0.1) is 24.2 Å². The summed E-state index contributed by atoms with van der Waals surface area (Å²) >= 11 is 0. The largest absolute Gasteiger partial charge is 0.459 e. The number of pyridine rings is 1. The van der Waals surface area contributed by atoms with Crippen LogP contribution in [-0.4, -0.2) is 59.1 Å². The van der Waals surface area contributed by atoms with Crippen molar-refractivity contribution < 1.29 is 13.9 Å². The van der Waals surface area contributed by atoms with Crippen LogP contribution in [0.5, 0.6) is 0 Å². The van der Waals surface area contributed by atoms with Gasteiger partial charge in [0.25, 0.3) is 5.91 Å². The molecule has 2 aromatic rings. The third-order valence-electron chi connectivity index (χ3n) is 5.64. The second-order valence-corrected chi connectivity index (χ2v) is 7.36. The van der Waals surface area contributed by atoms with E-state index in [-0.39, 0.29) is 11.5 Å². The molecular formula is C20H25N3O3. The van der Waals surface area contributed by atoms with Crippen molar-refractivity contribution in [1.29, 1.82) is 0 Å². The fourth-order valence-corrected chi connectivity index (χ4v) is 4.00. The van der Waals surface area contributed by atoms with E-state index in [0.717, 1.165) is 51.2 Å². The van der Waals surface area contributed by atoms with Gasteiger partial charge in [0.15, 0.2) is 5.76 Å². The van der Waals surface area contributed by atoms with Crippen LogP contribution in [0, 0.1) is 0 Å². The maximum absolute atomic E-state index is 12.4. The van der Waals surface area contributed by atoms with Crippen molar-refractivity contribution in [2.75, 3.05) is 26.7 Å². The monoisotopic (exact) mass is 355 g/mol. The van der Waals surface area contributed by atoms with Gasteiger partial charge in [-0.3, -0.25) is 14.7 Å². The average molecular weight is 355 g/mol. The van der Waals surface area contributed by atoms with Crippen LogP contribution in [0.4, 0.5) is 0 Å². The van der Waals surface area contributed by atoms with Crippen molar-refractivity contribution in [2.45, 2.75) is 37.5 Å². The van der Waals surface area contributed by atoms with E-state index in [0.29, 0.717) is 11.8 Å². The van der Waals surface area contributed by atoms with E-state index in [1.807, 2.05) is 23.2 Å². The molecular weight excluding hydrogens is 330 g/mol. The standard InChI is InChI=1S/C20H25N3O3/c1-22(14-16-5-2-3-9-21-16)17-13-20(26-15-17)7-10-23(11-8-20)19(24)18-6-4-12-25-18/h2-6,9,12,17H,7-8,10-11,13-15H2,1H3/t17-/m0/s1. The zero-order valence-electron chi connectivity index (χ0n) is 15.1. The fourth-order valence-electron chi connectivity index (χ4n) is 4.00. The number of likely N-dealkylation sites (N-methyl/N-ethyl adjacent to an activating group) is 1.